The van der Waals surface area contributed by atoms with Crippen LogP contribution in [-0.4, -0.2) is 36.9 Å². The number of piperidine rings is 1. The van der Waals surface area contributed by atoms with Gasteiger partial charge < -0.3 is 14.4 Å². The fraction of sp³-hybridized carbons (Fsp3) is 0.462. The van der Waals surface area contributed by atoms with Crippen molar-refractivity contribution in [3.8, 4) is 11.5 Å². The largest absolute Gasteiger partial charge is 0.573 e. The smallest absolute Gasteiger partial charge is 0.490 e. The van der Waals surface area contributed by atoms with E-state index in [1.54, 1.807) is 11.0 Å². The topological polar surface area (TPSA) is 38.8 Å². The molecule has 0 unspecified atom stereocenters. The van der Waals surface area contributed by atoms with Crippen LogP contribution in [0.4, 0.5) is 13.2 Å². The highest BCUT2D eigenvalue weighted by Gasteiger charge is 2.31. The monoisotopic (exact) mass is 289 g/mol. The van der Waals surface area contributed by atoms with Crippen molar-refractivity contribution in [2.75, 3.05) is 13.1 Å². The molecule has 1 aromatic carbocycles. The van der Waals surface area contributed by atoms with E-state index in [1.165, 1.54) is 18.2 Å². The summed E-state index contributed by atoms with van der Waals surface area (Å²) in [5, 5.41) is 0. The minimum absolute atomic E-state index is 0.104. The van der Waals surface area contributed by atoms with Crippen LogP contribution in [0.3, 0.4) is 0 Å². The van der Waals surface area contributed by atoms with Gasteiger partial charge in [-0.3, -0.25) is 4.79 Å². The van der Waals surface area contributed by atoms with Crippen LogP contribution in [0, 0.1) is 0 Å². The molecule has 7 heteroatoms. The van der Waals surface area contributed by atoms with Crippen LogP contribution in [0.5, 0.6) is 11.5 Å². The molecule has 0 aliphatic carbocycles. The summed E-state index contributed by atoms with van der Waals surface area (Å²) in [5.74, 6) is 0.0247. The van der Waals surface area contributed by atoms with Crippen molar-refractivity contribution < 1.29 is 27.4 Å². The summed E-state index contributed by atoms with van der Waals surface area (Å²) in [5.41, 5.74) is 0. The Morgan fingerprint density at radius 1 is 1.20 bits per heavy atom. The normalized spacial score (nSPS) is 16.9. The number of likely N-dealkylation sites (tertiary alicyclic amines) is 1. The van der Waals surface area contributed by atoms with Gasteiger partial charge in [0, 0.05) is 32.0 Å². The Hall–Kier alpha value is -1.92. The fourth-order valence-corrected chi connectivity index (χ4v) is 2.04. The number of amides is 1. The number of halogens is 3. The van der Waals surface area contributed by atoms with Crippen molar-refractivity contribution >= 4 is 6.41 Å². The molecule has 0 aromatic heterocycles. The van der Waals surface area contributed by atoms with Gasteiger partial charge in [-0.1, -0.05) is 6.07 Å². The Labute approximate surface area is 114 Å². The molecule has 20 heavy (non-hydrogen) atoms. The Kier molecular flexibility index (Phi) is 4.36. The molecule has 1 aliphatic rings. The Bertz CT molecular complexity index is 456. The lowest BCUT2D eigenvalue weighted by Crippen LogP contribution is -2.37. The van der Waals surface area contributed by atoms with E-state index in [0.717, 1.165) is 6.41 Å². The molecule has 0 radical (unpaired) electrons. The van der Waals surface area contributed by atoms with Crippen LogP contribution in [0.25, 0.3) is 0 Å². The highest BCUT2D eigenvalue weighted by Crippen LogP contribution is 2.27. The molecule has 0 N–H and O–H groups in total. The van der Waals surface area contributed by atoms with Crippen molar-refractivity contribution in [3.63, 3.8) is 0 Å². The van der Waals surface area contributed by atoms with Gasteiger partial charge in [0.15, 0.2) is 0 Å². The first-order chi connectivity index (χ1) is 9.46. The molecule has 0 atom stereocenters. The minimum Gasteiger partial charge on any atom is -0.490 e. The van der Waals surface area contributed by atoms with Gasteiger partial charge in [-0.15, -0.1) is 13.2 Å². The molecule has 4 nitrogen and oxygen atoms in total. The zero-order valence-electron chi connectivity index (χ0n) is 10.6. The molecule has 2 rings (SSSR count). The number of carbonyl (C=O) groups is 1. The van der Waals surface area contributed by atoms with E-state index in [9.17, 15) is 18.0 Å². The molecule has 1 fully saturated rings. The molecule has 0 bridgehead atoms. The molecule has 1 aliphatic heterocycles. The van der Waals surface area contributed by atoms with Crippen molar-refractivity contribution in [1.29, 1.82) is 0 Å². The van der Waals surface area contributed by atoms with Gasteiger partial charge in [0.2, 0.25) is 6.41 Å². The second kappa shape index (κ2) is 6.02. The maximum Gasteiger partial charge on any atom is 0.573 e. The fourth-order valence-electron chi connectivity index (χ4n) is 2.04. The van der Waals surface area contributed by atoms with Gasteiger partial charge in [0.25, 0.3) is 0 Å². The molecule has 0 saturated carbocycles. The maximum absolute atomic E-state index is 12.1. The summed E-state index contributed by atoms with van der Waals surface area (Å²) in [6, 6.07) is 5.45. The molecule has 1 amide bonds. The third-order valence-electron chi connectivity index (χ3n) is 2.97. The van der Waals surface area contributed by atoms with Crippen LogP contribution in [0.2, 0.25) is 0 Å². The third kappa shape index (κ3) is 4.32. The lowest BCUT2D eigenvalue weighted by Gasteiger charge is -2.29. The number of nitrogens with zero attached hydrogens (tertiary/aromatic N) is 1. The highest BCUT2D eigenvalue weighted by atomic mass is 19.4. The number of ether oxygens (including phenoxy) is 2. The summed E-state index contributed by atoms with van der Waals surface area (Å²) in [4.78, 5) is 12.2. The van der Waals surface area contributed by atoms with E-state index >= 15 is 0 Å². The predicted molar refractivity (Wildman–Crippen MR) is 64.4 cm³/mol. The number of hydrogen-bond acceptors (Lipinski definition) is 3. The van der Waals surface area contributed by atoms with Crippen LogP contribution in [0.1, 0.15) is 12.8 Å². The van der Waals surface area contributed by atoms with Crippen molar-refractivity contribution in [1.82, 2.24) is 4.90 Å². The summed E-state index contributed by atoms with van der Waals surface area (Å²) in [6.45, 7) is 1.18. The molecular formula is C13H14F3NO3. The number of benzene rings is 1. The first kappa shape index (κ1) is 14.5. The first-order valence-electron chi connectivity index (χ1n) is 6.18. The predicted octanol–water partition coefficient (Wildman–Crippen LogP) is 2.58. The lowest BCUT2D eigenvalue weighted by molar-refractivity contribution is -0.274. The Morgan fingerprint density at radius 3 is 2.45 bits per heavy atom. The van der Waals surface area contributed by atoms with Gasteiger partial charge in [-0.05, 0) is 12.1 Å². The SMILES string of the molecule is O=CN1CCC(Oc2cccc(OC(F)(F)F)c2)CC1. The molecular weight excluding hydrogens is 275 g/mol. The first-order valence-corrected chi connectivity index (χ1v) is 6.18. The standard InChI is InChI=1S/C13H14F3NO3/c14-13(15,16)20-12-3-1-2-11(8-12)19-10-4-6-17(9-18)7-5-10/h1-3,8-10H,4-7H2. The van der Waals surface area contributed by atoms with Crippen LogP contribution < -0.4 is 9.47 Å². The Morgan fingerprint density at radius 2 is 1.85 bits per heavy atom. The number of alkyl halides is 3. The van der Waals surface area contributed by atoms with E-state index < -0.39 is 6.36 Å². The average molecular weight is 289 g/mol. The van der Waals surface area contributed by atoms with Crippen molar-refractivity contribution in [3.05, 3.63) is 24.3 Å². The number of rotatable bonds is 4. The summed E-state index contributed by atoms with van der Waals surface area (Å²) < 4.78 is 45.8. The summed E-state index contributed by atoms with van der Waals surface area (Å²) in [6.07, 6.45) is -2.72. The van der Waals surface area contributed by atoms with Crippen LogP contribution in [-0.2, 0) is 4.79 Å². The molecule has 1 aromatic rings. The van der Waals surface area contributed by atoms with Gasteiger partial charge in [-0.2, -0.15) is 0 Å². The van der Waals surface area contributed by atoms with Crippen molar-refractivity contribution in [2.24, 2.45) is 0 Å². The van der Waals surface area contributed by atoms with Gasteiger partial charge in [0.1, 0.15) is 17.6 Å². The summed E-state index contributed by atoms with van der Waals surface area (Å²) in [7, 11) is 0. The van der Waals surface area contributed by atoms with Crippen LogP contribution in [0.15, 0.2) is 24.3 Å². The minimum atomic E-state index is -4.71. The van der Waals surface area contributed by atoms with Crippen LogP contribution >= 0.6 is 0 Å². The molecule has 110 valence electrons. The van der Waals surface area contributed by atoms with Crippen molar-refractivity contribution in [2.45, 2.75) is 25.3 Å². The molecule has 1 saturated heterocycles. The van der Waals surface area contributed by atoms with Gasteiger partial charge >= 0.3 is 6.36 Å². The third-order valence-corrected chi connectivity index (χ3v) is 2.97. The zero-order chi connectivity index (χ0) is 14.6. The van der Waals surface area contributed by atoms with Gasteiger partial charge in [0.05, 0.1) is 0 Å². The van der Waals surface area contributed by atoms with E-state index in [2.05, 4.69) is 4.74 Å². The number of hydrogen-bond donors (Lipinski definition) is 0. The average Bonchev–Trinajstić information content (AvgIpc) is 2.38. The highest BCUT2D eigenvalue weighted by molar-refractivity contribution is 5.47. The second-order valence-corrected chi connectivity index (χ2v) is 4.48. The van der Waals surface area contributed by atoms with E-state index in [1.807, 2.05) is 0 Å². The van der Waals surface area contributed by atoms with E-state index in [4.69, 9.17) is 4.74 Å². The quantitative estimate of drug-likeness (QED) is 0.800. The molecule has 0 spiro atoms. The van der Waals surface area contributed by atoms with Gasteiger partial charge in [-0.25, -0.2) is 0 Å². The van der Waals surface area contributed by atoms with E-state index in [0.29, 0.717) is 31.7 Å². The molecule has 1 heterocycles. The second-order valence-electron chi connectivity index (χ2n) is 4.48. The lowest BCUT2D eigenvalue weighted by atomic mass is 10.1. The van der Waals surface area contributed by atoms with E-state index in [-0.39, 0.29) is 11.9 Å². The zero-order valence-corrected chi connectivity index (χ0v) is 10.6. The summed E-state index contributed by atoms with van der Waals surface area (Å²) >= 11 is 0. The maximum atomic E-state index is 12.1. The number of carbonyl (C=O) groups excluding carboxylic acids is 1. The Balaban J connectivity index is 1.93.